The Balaban J connectivity index is 1.54. The van der Waals surface area contributed by atoms with Crippen molar-refractivity contribution in [3.05, 3.63) is 0 Å². The van der Waals surface area contributed by atoms with Crippen LogP contribution in [0.15, 0.2) is 0 Å². The first-order valence-corrected chi connectivity index (χ1v) is 6.56. The molecule has 2 heteroatoms. The molecule has 0 heterocycles. The van der Waals surface area contributed by atoms with Crippen LogP contribution in [-0.2, 0) is 4.74 Å². The molecule has 88 valence electrons. The number of hydrogen-bond donors (Lipinski definition) is 1. The number of nitrogens with one attached hydrogen (secondary N) is 1. The van der Waals surface area contributed by atoms with Gasteiger partial charge in [-0.25, -0.2) is 0 Å². The van der Waals surface area contributed by atoms with E-state index in [2.05, 4.69) is 26.1 Å². The Bertz CT molecular complexity index is 193. The van der Waals surface area contributed by atoms with Gasteiger partial charge in [0.05, 0.1) is 6.10 Å². The van der Waals surface area contributed by atoms with Gasteiger partial charge in [0.2, 0.25) is 0 Å². The lowest BCUT2D eigenvalue weighted by atomic mass is 9.72. The monoisotopic (exact) mass is 211 g/mol. The van der Waals surface area contributed by atoms with E-state index in [4.69, 9.17) is 4.74 Å². The van der Waals surface area contributed by atoms with E-state index in [9.17, 15) is 0 Å². The molecule has 2 fully saturated rings. The first-order valence-electron chi connectivity index (χ1n) is 6.56. The molecular formula is C13H25NO. The Morgan fingerprint density at radius 1 is 1.13 bits per heavy atom. The van der Waals surface area contributed by atoms with E-state index in [1.54, 1.807) is 0 Å². The van der Waals surface area contributed by atoms with Gasteiger partial charge in [-0.15, -0.1) is 0 Å². The Kier molecular flexibility index (Phi) is 3.68. The van der Waals surface area contributed by atoms with Crippen LogP contribution in [0, 0.1) is 11.8 Å². The van der Waals surface area contributed by atoms with Crippen molar-refractivity contribution in [3.63, 3.8) is 0 Å². The van der Waals surface area contributed by atoms with Crippen molar-refractivity contribution in [1.29, 1.82) is 0 Å². The topological polar surface area (TPSA) is 21.3 Å². The molecule has 0 amide bonds. The smallest absolute Gasteiger partial charge is 0.0604 e. The molecule has 2 nitrogen and oxygen atoms in total. The Morgan fingerprint density at radius 3 is 2.27 bits per heavy atom. The van der Waals surface area contributed by atoms with Crippen molar-refractivity contribution in [1.82, 2.24) is 5.32 Å². The maximum absolute atomic E-state index is 5.56. The highest BCUT2D eigenvalue weighted by molar-refractivity contribution is 4.93. The molecule has 0 bridgehead atoms. The zero-order valence-corrected chi connectivity index (χ0v) is 10.3. The molecule has 2 saturated carbocycles. The summed E-state index contributed by atoms with van der Waals surface area (Å²) in [5, 5.41) is 3.75. The lowest BCUT2D eigenvalue weighted by molar-refractivity contribution is -0.0181. The van der Waals surface area contributed by atoms with Crippen molar-refractivity contribution in [2.75, 3.05) is 6.61 Å². The molecule has 15 heavy (non-hydrogen) atoms. The summed E-state index contributed by atoms with van der Waals surface area (Å²) in [5.41, 5.74) is 0. The maximum Gasteiger partial charge on any atom is 0.0604 e. The fraction of sp³-hybridized carbons (Fsp3) is 1.00. The summed E-state index contributed by atoms with van der Waals surface area (Å²) in [6.07, 6.45) is 5.81. The van der Waals surface area contributed by atoms with Gasteiger partial charge in [0.15, 0.2) is 0 Å². The van der Waals surface area contributed by atoms with Gasteiger partial charge in [-0.3, -0.25) is 0 Å². The summed E-state index contributed by atoms with van der Waals surface area (Å²) < 4.78 is 5.56. The fourth-order valence-electron chi connectivity index (χ4n) is 2.75. The SMILES string of the molecule is CCOC1CC(NC2CC(C(C)C)C2)C1. The summed E-state index contributed by atoms with van der Waals surface area (Å²) in [4.78, 5) is 0. The Labute approximate surface area is 93.8 Å². The number of hydrogen-bond acceptors (Lipinski definition) is 2. The second kappa shape index (κ2) is 4.84. The predicted octanol–water partition coefficient (Wildman–Crippen LogP) is 2.58. The summed E-state index contributed by atoms with van der Waals surface area (Å²) >= 11 is 0. The molecule has 0 saturated heterocycles. The third-order valence-corrected chi connectivity index (χ3v) is 4.09. The average Bonchev–Trinajstić information content (AvgIpc) is 2.04. The van der Waals surface area contributed by atoms with Crippen LogP contribution in [0.1, 0.15) is 46.5 Å². The van der Waals surface area contributed by atoms with Crippen LogP contribution < -0.4 is 5.32 Å². The average molecular weight is 211 g/mol. The van der Waals surface area contributed by atoms with Crippen LogP contribution in [0.4, 0.5) is 0 Å². The van der Waals surface area contributed by atoms with Crippen LogP contribution in [0.2, 0.25) is 0 Å². The van der Waals surface area contributed by atoms with Crippen molar-refractivity contribution in [3.8, 4) is 0 Å². The lowest BCUT2D eigenvalue weighted by Gasteiger charge is -2.44. The summed E-state index contributed by atoms with van der Waals surface area (Å²) in [5.74, 6) is 1.85. The molecule has 0 aromatic rings. The number of ether oxygens (including phenoxy) is 1. The van der Waals surface area contributed by atoms with Crippen LogP contribution in [0.25, 0.3) is 0 Å². The highest BCUT2D eigenvalue weighted by Gasteiger charge is 2.36. The Morgan fingerprint density at radius 2 is 1.73 bits per heavy atom. The first kappa shape index (κ1) is 11.4. The van der Waals surface area contributed by atoms with Crippen LogP contribution in [0.3, 0.4) is 0 Å². The summed E-state index contributed by atoms with van der Waals surface area (Å²) in [6, 6.07) is 1.56. The molecule has 0 aliphatic heterocycles. The van der Waals surface area contributed by atoms with Crippen molar-refractivity contribution in [2.24, 2.45) is 11.8 Å². The lowest BCUT2D eigenvalue weighted by Crippen LogP contribution is -2.53. The molecular weight excluding hydrogens is 186 g/mol. The third kappa shape index (κ3) is 2.73. The summed E-state index contributed by atoms with van der Waals surface area (Å²) in [6.45, 7) is 7.64. The zero-order valence-electron chi connectivity index (χ0n) is 10.3. The molecule has 2 rings (SSSR count). The highest BCUT2D eigenvalue weighted by Crippen LogP contribution is 2.35. The van der Waals surface area contributed by atoms with Crippen LogP contribution in [0.5, 0.6) is 0 Å². The molecule has 0 aromatic heterocycles. The molecule has 0 aromatic carbocycles. The van der Waals surface area contributed by atoms with Gasteiger partial charge >= 0.3 is 0 Å². The molecule has 2 aliphatic rings. The highest BCUT2D eigenvalue weighted by atomic mass is 16.5. The molecule has 0 atom stereocenters. The van der Waals surface area contributed by atoms with Gasteiger partial charge in [0, 0.05) is 18.7 Å². The largest absolute Gasteiger partial charge is 0.378 e. The Hall–Kier alpha value is -0.0800. The molecule has 0 spiro atoms. The molecule has 0 radical (unpaired) electrons. The van der Waals surface area contributed by atoms with E-state index in [0.29, 0.717) is 6.10 Å². The molecule has 2 aliphatic carbocycles. The zero-order chi connectivity index (χ0) is 10.8. The minimum Gasteiger partial charge on any atom is -0.378 e. The second-order valence-electron chi connectivity index (χ2n) is 5.58. The molecule has 1 N–H and O–H groups in total. The van der Waals surface area contributed by atoms with E-state index in [-0.39, 0.29) is 0 Å². The second-order valence-corrected chi connectivity index (χ2v) is 5.58. The summed E-state index contributed by atoms with van der Waals surface area (Å²) in [7, 11) is 0. The van der Waals surface area contributed by atoms with Gasteiger partial charge in [0.25, 0.3) is 0 Å². The van der Waals surface area contributed by atoms with Gasteiger partial charge in [-0.1, -0.05) is 13.8 Å². The van der Waals surface area contributed by atoms with E-state index >= 15 is 0 Å². The van der Waals surface area contributed by atoms with Crippen molar-refractivity contribution < 1.29 is 4.74 Å². The minimum absolute atomic E-state index is 0.550. The van der Waals surface area contributed by atoms with Crippen LogP contribution in [-0.4, -0.2) is 24.8 Å². The minimum atomic E-state index is 0.550. The van der Waals surface area contributed by atoms with E-state index < -0.39 is 0 Å². The number of rotatable bonds is 5. The first-order chi connectivity index (χ1) is 7.19. The standard InChI is InChI=1S/C13H25NO/c1-4-15-13-7-12(8-13)14-11-5-10(6-11)9(2)3/h9-14H,4-8H2,1-3H3. The van der Waals surface area contributed by atoms with Crippen molar-refractivity contribution in [2.45, 2.75) is 64.6 Å². The van der Waals surface area contributed by atoms with E-state index in [0.717, 1.165) is 30.5 Å². The molecule has 0 unspecified atom stereocenters. The normalized spacial score (nSPS) is 40.0. The van der Waals surface area contributed by atoms with E-state index in [1.807, 2.05) is 0 Å². The fourth-order valence-corrected chi connectivity index (χ4v) is 2.75. The quantitative estimate of drug-likeness (QED) is 0.754. The maximum atomic E-state index is 5.56. The van der Waals surface area contributed by atoms with Gasteiger partial charge < -0.3 is 10.1 Å². The van der Waals surface area contributed by atoms with Crippen LogP contribution >= 0.6 is 0 Å². The van der Waals surface area contributed by atoms with E-state index in [1.165, 1.54) is 25.7 Å². The van der Waals surface area contributed by atoms with Gasteiger partial charge in [0.1, 0.15) is 0 Å². The predicted molar refractivity (Wildman–Crippen MR) is 62.9 cm³/mol. The third-order valence-electron chi connectivity index (χ3n) is 4.09. The van der Waals surface area contributed by atoms with Gasteiger partial charge in [-0.2, -0.15) is 0 Å². The van der Waals surface area contributed by atoms with Crippen molar-refractivity contribution >= 4 is 0 Å². The van der Waals surface area contributed by atoms with Gasteiger partial charge in [-0.05, 0) is 44.4 Å².